The van der Waals surface area contributed by atoms with Crippen molar-refractivity contribution in [1.82, 2.24) is 14.5 Å². The summed E-state index contributed by atoms with van der Waals surface area (Å²) in [7, 11) is 0. The van der Waals surface area contributed by atoms with Crippen molar-refractivity contribution in [3.63, 3.8) is 0 Å². The zero-order valence-electron chi connectivity index (χ0n) is 24.8. The minimum atomic E-state index is 0. The number of aromatic nitrogens is 3. The molecule has 1 aliphatic heterocycles. The molecule has 3 aromatic carbocycles. The SMILES string of the molecule is CC(C)N1[CH-]N(c2[c-]c(Oc3[c-]c4c(cc3)c3ccccc3n4-c3cc(C(C)(C)C)ccn3)ncc2)c2ccccc21.[Pt]. The number of benzene rings is 3. The average molecular weight is 746 g/mol. The van der Waals surface area contributed by atoms with Crippen molar-refractivity contribution in [3.05, 3.63) is 116 Å². The maximum absolute atomic E-state index is 6.30. The number of para-hydroxylation sites is 3. The van der Waals surface area contributed by atoms with Crippen LogP contribution in [0.15, 0.2) is 91.3 Å². The number of rotatable bonds is 5. The zero-order chi connectivity index (χ0) is 29.0. The van der Waals surface area contributed by atoms with Gasteiger partial charge in [-0.05, 0) is 72.8 Å². The molecular formula is C36H32N5OPt-3. The first-order valence-corrected chi connectivity index (χ1v) is 14.3. The van der Waals surface area contributed by atoms with Gasteiger partial charge in [-0.25, -0.2) is 4.98 Å². The minimum Gasteiger partial charge on any atom is -0.503 e. The van der Waals surface area contributed by atoms with E-state index >= 15 is 0 Å². The monoisotopic (exact) mass is 745 g/mol. The maximum atomic E-state index is 6.30. The van der Waals surface area contributed by atoms with Crippen LogP contribution in [-0.2, 0) is 26.5 Å². The number of hydrogen-bond acceptors (Lipinski definition) is 5. The largest absolute Gasteiger partial charge is 0.503 e. The first-order chi connectivity index (χ1) is 20.3. The second-order valence-corrected chi connectivity index (χ2v) is 11.9. The van der Waals surface area contributed by atoms with Gasteiger partial charge in [0.15, 0.2) is 0 Å². The average Bonchev–Trinajstić information content (AvgIpc) is 3.53. The summed E-state index contributed by atoms with van der Waals surface area (Å²) in [5, 5.41) is 2.23. The topological polar surface area (TPSA) is 46.4 Å². The molecule has 0 spiro atoms. The van der Waals surface area contributed by atoms with Gasteiger partial charge < -0.3 is 19.1 Å². The van der Waals surface area contributed by atoms with Gasteiger partial charge >= 0.3 is 0 Å². The summed E-state index contributed by atoms with van der Waals surface area (Å²) in [4.78, 5) is 13.6. The van der Waals surface area contributed by atoms with Gasteiger partial charge in [0, 0.05) is 49.9 Å². The maximum Gasteiger partial charge on any atom is 0.135 e. The molecule has 0 atom stereocenters. The zero-order valence-corrected chi connectivity index (χ0v) is 27.0. The Morgan fingerprint density at radius 2 is 1.56 bits per heavy atom. The van der Waals surface area contributed by atoms with Crippen LogP contribution in [-0.4, -0.2) is 20.6 Å². The number of nitrogens with zero attached hydrogens (tertiary/aromatic N) is 5. The Kier molecular flexibility index (Phi) is 7.51. The van der Waals surface area contributed by atoms with E-state index in [9.17, 15) is 0 Å². The molecule has 0 saturated carbocycles. The number of hydrogen-bond donors (Lipinski definition) is 0. The Bertz CT molecular complexity index is 1940. The smallest absolute Gasteiger partial charge is 0.135 e. The summed E-state index contributed by atoms with van der Waals surface area (Å²) in [6, 6.07) is 34.2. The van der Waals surface area contributed by atoms with Gasteiger partial charge in [0.2, 0.25) is 0 Å². The molecular weight excluding hydrogens is 714 g/mol. The normalized spacial score (nSPS) is 13.1. The summed E-state index contributed by atoms with van der Waals surface area (Å²) < 4.78 is 8.47. The van der Waals surface area contributed by atoms with Gasteiger partial charge in [-0.2, -0.15) is 30.6 Å². The van der Waals surface area contributed by atoms with Crippen molar-refractivity contribution in [2.45, 2.75) is 46.1 Å². The molecule has 7 rings (SSSR count). The summed E-state index contributed by atoms with van der Waals surface area (Å²) in [6.45, 7) is 13.1. The molecule has 0 unspecified atom stereocenters. The van der Waals surface area contributed by atoms with Crippen LogP contribution < -0.4 is 14.5 Å². The van der Waals surface area contributed by atoms with Crippen LogP contribution >= 0.6 is 0 Å². The Morgan fingerprint density at radius 1 is 0.814 bits per heavy atom. The van der Waals surface area contributed by atoms with E-state index in [4.69, 9.17) is 9.72 Å². The van der Waals surface area contributed by atoms with Gasteiger partial charge in [-0.1, -0.05) is 56.6 Å². The molecule has 4 heterocycles. The molecule has 43 heavy (non-hydrogen) atoms. The van der Waals surface area contributed by atoms with Crippen LogP contribution in [0.25, 0.3) is 27.6 Å². The van der Waals surface area contributed by atoms with Crippen molar-refractivity contribution < 1.29 is 25.8 Å². The molecule has 0 fully saturated rings. The number of fused-ring (bicyclic) bond motifs is 4. The van der Waals surface area contributed by atoms with E-state index in [0.29, 0.717) is 17.7 Å². The summed E-state index contributed by atoms with van der Waals surface area (Å²) in [6.07, 6.45) is 3.64. The van der Waals surface area contributed by atoms with E-state index in [1.807, 2.05) is 18.3 Å². The number of ether oxygens (including phenoxy) is 1. The Balaban J connectivity index is 0.00000329. The van der Waals surface area contributed by atoms with E-state index in [1.54, 1.807) is 6.20 Å². The van der Waals surface area contributed by atoms with Crippen LogP contribution in [0.1, 0.15) is 40.2 Å². The van der Waals surface area contributed by atoms with E-state index in [2.05, 4.69) is 140 Å². The quantitative estimate of drug-likeness (QED) is 0.165. The fourth-order valence-corrected chi connectivity index (χ4v) is 5.57. The summed E-state index contributed by atoms with van der Waals surface area (Å²) in [5.74, 6) is 1.80. The molecule has 220 valence electrons. The first-order valence-electron chi connectivity index (χ1n) is 14.3. The van der Waals surface area contributed by atoms with Crippen LogP contribution in [0.2, 0.25) is 0 Å². The Hall–Kier alpha value is -4.15. The second kappa shape index (κ2) is 11.2. The third-order valence-corrected chi connectivity index (χ3v) is 7.74. The molecule has 0 N–H and O–H groups in total. The van der Waals surface area contributed by atoms with E-state index in [0.717, 1.165) is 44.7 Å². The third kappa shape index (κ3) is 5.19. The molecule has 0 amide bonds. The summed E-state index contributed by atoms with van der Waals surface area (Å²) in [5.41, 5.74) is 6.31. The van der Waals surface area contributed by atoms with Crippen LogP contribution in [0.3, 0.4) is 0 Å². The van der Waals surface area contributed by atoms with Crippen LogP contribution in [0.5, 0.6) is 11.6 Å². The standard InChI is InChI=1S/C36H32N5O.Pt/c1-24(2)39-23-40(32-13-9-8-12-31(32)39)26-17-19-38-35(21-26)42-27-14-15-29-28-10-6-7-11-30(28)41(33(29)22-27)34-20-25(16-18-37-34)36(3,4)5;/h6-20,23-24H,1-5H3;/q-3;. The molecule has 0 aliphatic carbocycles. The number of pyridine rings is 2. The van der Waals surface area contributed by atoms with Gasteiger partial charge in [0.05, 0.1) is 0 Å². The fraction of sp³-hybridized carbons (Fsp3) is 0.194. The molecule has 0 saturated heterocycles. The molecule has 0 bridgehead atoms. The molecule has 7 heteroatoms. The van der Waals surface area contributed by atoms with Gasteiger partial charge in [-0.15, -0.1) is 17.5 Å². The van der Waals surface area contributed by atoms with Crippen LogP contribution in [0.4, 0.5) is 17.1 Å². The van der Waals surface area contributed by atoms with Gasteiger partial charge in [-0.3, -0.25) is 4.98 Å². The Morgan fingerprint density at radius 3 is 2.35 bits per heavy atom. The Labute approximate surface area is 267 Å². The molecule has 0 radical (unpaired) electrons. The molecule has 1 aliphatic rings. The van der Waals surface area contributed by atoms with Gasteiger partial charge in [0.1, 0.15) is 11.7 Å². The van der Waals surface area contributed by atoms with Crippen molar-refractivity contribution in [3.8, 4) is 17.4 Å². The minimum absolute atomic E-state index is 0. The van der Waals surface area contributed by atoms with Crippen molar-refractivity contribution >= 4 is 38.9 Å². The van der Waals surface area contributed by atoms with E-state index < -0.39 is 0 Å². The number of anilines is 3. The van der Waals surface area contributed by atoms with E-state index in [-0.39, 0.29) is 26.5 Å². The molecule has 3 aromatic heterocycles. The first kappa shape index (κ1) is 28.9. The van der Waals surface area contributed by atoms with Crippen molar-refractivity contribution in [1.29, 1.82) is 0 Å². The van der Waals surface area contributed by atoms with Crippen molar-refractivity contribution in [2.24, 2.45) is 0 Å². The van der Waals surface area contributed by atoms with Crippen molar-refractivity contribution in [2.75, 3.05) is 9.80 Å². The molecule has 6 aromatic rings. The van der Waals surface area contributed by atoms with E-state index in [1.165, 1.54) is 5.56 Å². The third-order valence-electron chi connectivity index (χ3n) is 7.74. The predicted molar refractivity (Wildman–Crippen MR) is 170 cm³/mol. The second-order valence-electron chi connectivity index (χ2n) is 11.9. The predicted octanol–water partition coefficient (Wildman–Crippen LogP) is 8.75. The van der Waals surface area contributed by atoms with Crippen LogP contribution in [0, 0.1) is 18.8 Å². The fourth-order valence-electron chi connectivity index (χ4n) is 5.57. The van der Waals surface area contributed by atoms with Gasteiger partial charge in [0.25, 0.3) is 0 Å². The molecule has 6 nitrogen and oxygen atoms in total. The summed E-state index contributed by atoms with van der Waals surface area (Å²) >= 11 is 0.